The van der Waals surface area contributed by atoms with Crippen molar-refractivity contribution in [3.8, 4) is 0 Å². The fourth-order valence-electron chi connectivity index (χ4n) is 8.05. The average Bonchev–Trinajstić information content (AvgIpc) is 3.45. The first kappa shape index (κ1) is 73.8. The lowest BCUT2D eigenvalue weighted by Gasteiger charge is -2.18. The van der Waals surface area contributed by atoms with Gasteiger partial charge in [-0.1, -0.05) is 268 Å². The Kier molecular flexibility index (Phi) is 61.0. The summed E-state index contributed by atoms with van der Waals surface area (Å²) in [7, 11) is 0. The van der Waals surface area contributed by atoms with Gasteiger partial charge in [0.05, 0.1) is 0 Å². The molecule has 0 radical (unpaired) electrons. The van der Waals surface area contributed by atoms with Gasteiger partial charge in [0.15, 0.2) is 6.10 Å². The largest absolute Gasteiger partial charge is 0.462 e. The molecule has 0 rings (SSSR count). The van der Waals surface area contributed by atoms with Gasteiger partial charge < -0.3 is 14.2 Å². The van der Waals surface area contributed by atoms with Crippen LogP contribution in [0.1, 0.15) is 252 Å². The minimum atomic E-state index is -0.804. The van der Waals surface area contributed by atoms with E-state index in [1.807, 2.05) is 0 Å². The first-order valence-electron chi connectivity index (χ1n) is 31.6. The highest BCUT2D eigenvalue weighted by atomic mass is 16.6. The zero-order chi connectivity index (χ0) is 57.1. The van der Waals surface area contributed by atoms with Crippen molar-refractivity contribution in [3.05, 3.63) is 170 Å². The third-order valence-corrected chi connectivity index (χ3v) is 12.7. The summed E-state index contributed by atoms with van der Waals surface area (Å²) in [6.07, 6.45) is 96.6. The van der Waals surface area contributed by atoms with Crippen LogP contribution < -0.4 is 0 Å². The van der Waals surface area contributed by atoms with E-state index in [4.69, 9.17) is 14.2 Å². The van der Waals surface area contributed by atoms with E-state index < -0.39 is 6.10 Å². The Labute approximate surface area is 485 Å². The van der Waals surface area contributed by atoms with Crippen molar-refractivity contribution in [1.82, 2.24) is 0 Å². The van der Waals surface area contributed by atoms with E-state index in [9.17, 15) is 14.4 Å². The number of unbranched alkanes of at least 4 members (excludes halogenated alkanes) is 16. The number of carbonyl (C=O) groups is 3. The molecule has 0 N–H and O–H groups in total. The molecule has 6 heteroatoms. The van der Waals surface area contributed by atoms with E-state index >= 15 is 0 Å². The molecule has 442 valence electrons. The third kappa shape index (κ3) is 63.5. The predicted molar refractivity (Wildman–Crippen MR) is 343 cm³/mol. The molecule has 1 atom stereocenters. The van der Waals surface area contributed by atoms with Gasteiger partial charge >= 0.3 is 17.9 Å². The van der Waals surface area contributed by atoms with Crippen LogP contribution in [-0.4, -0.2) is 37.2 Å². The monoisotopic (exact) mass is 1090 g/mol. The summed E-state index contributed by atoms with van der Waals surface area (Å²) in [6, 6.07) is 0. The lowest BCUT2D eigenvalue weighted by Crippen LogP contribution is -2.30. The second-order valence-electron chi connectivity index (χ2n) is 20.2. The molecule has 79 heavy (non-hydrogen) atoms. The molecule has 0 aliphatic heterocycles. The number of esters is 3. The summed E-state index contributed by atoms with van der Waals surface area (Å²) in [5.41, 5.74) is 0. The van der Waals surface area contributed by atoms with Gasteiger partial charge in [-0.3, -0.25) is 14.4 Å². The Morgan fingerprint density at radius 3 is 0.772 bits per heavy atom. The van der Waals surface area contributed by atoms with Crippen LogP contribution in [0.3, 0.4) is 0 Å². The molecule has 0 spiro atoms. The van der Waals surface area contributed by atoms with Crippen LogP contribution in [0.5, 0.6) is 0 Å². The molecule has 0 aromatic carbocycles. The topological polar surface area (TPSA) is 78.9 Å². The Morgan fingerprint density at radius 1 is 0.266 bits per heavy atom. The second-order valence-corrected chi connectivity index (χ2v) is 20.2. The molecule has 0 amide bonds. The van der Waals surface area contributed by atoms with Gasteiger partial charge in [0.1, 0.15) is 13.2 Å². The molecule has 0 saturated carbocycles. The summed E-state index contributed by atoms with van der Waals surface area (Å²) in [4.78, 5) is 38.1. The number of ether oxygens (including phenoxy) is 3. The number of allylic oxidation sites excluding steroid dienone is 28. The molecule has 0 fully saturated rings. The molecule has 1 unspecified atom stereocenters. The first-order valence-corrected chi connectivity index (χ1v) is 31.6. The highest BCUT2D eigenvalue weighted by Crippen LogP contribution is 2.13. The zero-order valence-electron chi connectivity index (χ0n) is 50.6. The molecule has 0 aliphatic rings. The van der Waals surface area contributed by atoms with Gasteiger partial charge in [0, 0.05) is 19.3 Å². The van der Waals surface area contributed by atoms with Crippen molar-refractivity contribution in [1.29, 1.82) is 0 Å². The van der Waals surface area contributed by atoms with Crippen LogP contribution in [0.2, 0.25) is 0 Å². The maximum atomic E-state index is 12.9. The lowest BCUT2D eigenvalue weighted by atomic mass is 10.1. The van der Waals surface area contributed by atoms with E-state index in [2.05, 4.69) is 191 Å². The fraction of sp³-hybridized carbons (Fsp3) is 0.575. The molecular formula is C73H114O6. The van der Waals surface area contributed by atoms with E-state index in [1.54, 1.807) is 0 Å². The standard InChI is InChI=1S/C73H114O6/c1-4-7-10-13-16-18-20-22-24-26-28-30-32-34-36-38-40-42-44-46-48-50-52-54-57-60-63-66-72(75)78-69-70(68-77-71(74)65-62-59-56-15-12-9-6-3)79-73(76)67-64-61-58-55-53-51-49-47-45-43-41-39-37-35-33-31-29-27-25-23-21-19-17-14-11-8-5-2/h7-8,10-11,16-19,22-25,28-31,34-37,40-43,46-49,70H,4-6,9,12-15,20-21,26-27,32-33,38-39,44-45,50-69H2,1-3H3/b10-7-,11-8-,18-16-,19-17-,24-22-,25-23-,30-28-,31-29-,36-34-,37-35-,42-40-,43-41-,48-46-,49-47-. The highest BCUT2D eigenvalue weighted by Gasteiger charge is 2.19. The summed E-state index contributed by atoms with van der Waals surface area (Å²) in [6.45, 7) is 6.32. The summed E-state index contributed by atoms with van der Waals surface area (Å²) in [5.74, 6) is -0.953. The first-order chi connectivity index (χ1) is 39.0. The Balaban J connectivity index is 4.30. The maximum absolute atomic E-state index is 12.9. The molecule has 0 heterocycles. The summed E-state index contributed by atoms with van der Waals surface area (Å²) < 4.78 is 16.8. The molecule has 0 aliphatic carbocycles. The minimum Gasteiger partial charge on any atom is -0.462 e. The second kappa shape index (κ2) is 65.3. The smallest absolute Gasteiger partial charge is 0.306 e. The van der Waals surface area contributed by atoms with Crippen molar-refractivity contribution >= 4 is 17.9 Å². The summed E-state index contributed by atoms with van der Waals surface area (Å²) in [5, 5.41) is 0. The van der Waals surface area contributed by atoms with Crippen LogP contribution in [0.15, 0.2) is 170 Å². The average molecular weight is 1090 g/mol. The lowest BCUT2D eigenvalue weighted by molar-refractivity contribution is -0.167. The number of rotatable bonds is 55. The molecular weight excluding hydrogens is 973 g/mol. The fourth-order valence-corrected chi connectivity index (χ4v) is 8.05. The van der Waals surface area contributed by atoms with Crippen LogP contribution in [0.25, 0.3) is 0 Å². The van der Waals surface area contributed by atoms with Gasteiger partial charge in [-0.15, -0.1) is 0 Å². The van der Waals surface area contributed by atoms with Crippen LogP contribution in [0.4, 0.5) is 0 Å². The molecule has 6 nitrogen and oxygen atoms in total. The predicted octanol–water partition coefficient (Wildman–Crippen LogP) is 21.9. The minimum absolute atomic E-state index is 0.0994. The van der Waals surface area contributed by atoms with Crippen molar-refractivity contribution < 1.29 is 28.6 Å². The number of hydrogen-bond acceptors (Lipinski definition) is 6. The highest BCUT2D eigenvalue weighted by molar-refractivity contribution is 5.71. The third-order valence-electron chi connectivity index (χ3n) is 12.7. The van der Waals surface area contributed by atoms with Crippen molar-refractivity contribution in [2.24, 2.45) is 0 Å². The van der Waals surface area contributed by atoms with Crippen molar-refractivity contribution in [2.45, 2.75) is 258 Å². The molecule has 0 bridgehead atoms. The van der Waals surface area contributed by atoms with Gasteiger partial charge in [-0.25, -0.2) is 0 Å². The van der Waals surface area contributed by atoms with E-state index in [-0.39, 0.29) is 31.1 Å². The number of carbonyl (C=O) groups excluding carboxylic acids is 3. The zero-order valence-corrected chi connectivity index (χ0v) is 50.6. The summed E-state index contributed by atoms with van der Waals surface area (Å²) >= 11 is 0. The quantitative estimate of drug-likeness (QED) is 0.0261. The Morgan fingerprint density at radius 2 is 0.494 bits per heavy atom. The van der Waals surface area contributed by atoms with E-state index in [1.165, 1.54) is 25.7 Å². The number of hydrogen-bond donors (Lipinski definition) is 0. The van der Waals surface area contributed by atoms with E-state index in [0.717, 1.165) is 186 Å². The Hall–Kier alpha value is -5.23. The van der Waals surface area contributed by atoms with Crippen molar-refractivity contribution in [3.63, 3.8) is 0 Å². The van der Waals surface area contributed by atoms with Gasteiger partial charge in [0.25, 0.3) is 0 Å². The van der Waals surface area contributed by atoms with Gasteiger partial charge in [-0.2, -0.15) is 0 Å². The maximum Gasteiger partial charge on any atom is 0.306 e. The SMILES string of the molecule is CC/C=C\C/C=C\C/C=C\C/C=C\C/C=C\C/C=C\C/C=C\CCCCCCCC(=O)OCC(COC(=O)CCCCCCCCC)OC(=O)CCCCCCC/C=C\C/C=C\C/C=C\C/C=C\C/C=C\C/C=C\C/C=C\CC. The Bertz CT molecular complexity index is 1820. The van der Waals surface area contributed by atoms with Crippen LogP contribution >= 0.6 is 0 Å². The van der Waals surface area contributed by atoms with Gasteiger partial charge in [0.2, 0.25) is 0 Å². The van der Waals surface area contributed by atoms with Crippen LogP contribution in [-0.2, 0) is 28.6 Å². The molecule has 0 aromatic heterocycles. The van der Waals surface area contributed by atoms with Crippen molar-refractivity contribution in [2.75, 3.05) is 13.2 Å². The molecule has 0 saturated heterocycles. The normalized spacial score (nSPS) is 13.3. The van der Waals surface area contributed by atoms with Crippen LogP contribution in [0, 0.1) is 0 Å². The van der Waals surface area contributed by atoms with Gasteiger partial charge in [-0.05, 0) is 135 Å². The van der Waals surface area contributed by atoms with E-state index in [0.29, 0.717) is 19.3 Å². The molecule has 0 aromatic rings.